The zero-order valence-electron chi connectivity index (χ0n) is 12.0. The van der Waals surface area contributed by atoms with Crippen molar-refractivity contribution in [1.82, 2.24) is 0 Å². The van der Waals surface area contributed by atoms with E-state index >= 15 is 0 Å². The molecule has 1 aliphatic carbocycles. The molecule has 1 aliphatic rings. The molecule has 0 aliphatic heterocycles. The number of rotatable bonds is 3. The third-order valence-electron chi connectivity index (χ3n) is 4.70. The molecule has 0 aromatic heterocycles. The Labute approximate surface area is 125 Å². The third kappa shape index (κ3) is 2.68. The Bertz CT molecular complexity index is 580. The standard InChI is InChI=1S/C19H19NO/c21-15-20-18-11-13-19(14-12-18,16-7-3-1-4-8-16)17-9-5-2-6-10-17/h1-10,18H,11-14H2. The van der Waals surface area contributed by atoms with Gasteiger partial charge in [0.2, 0.25) is 6.08 Å². The molecule has 1 saturated carbocycles. The lowest BCUT2D eigenvalue weighted by atomic mass is 9.64. The summed E-state index contributed by atoms with van der Waals surface area (Å²) < 4.78 is 0. The number of isocyanates is 1. The van der Waals surface area contributed by atoms with Crippen LogP contribution in [0.1, 0.15) is 36.8 Å². The molecule has 0 atom stereocenters. The highest BCUT2D eigenvalue weighted by molar-refractivity contribution is 5.40. The number of benzene rings is 2. The van der Waals surface area contributed by atoms with Crippen LogP contribution in [0.5, 0.6) is 0 Å². The van der Waals surface area contributed by atoms with Crippen molar-refractivity contribution in [3.05, 3.63) is 71.8 Å². The van der Waals surface area contributed by atoms with Crippen molar-refractivity contribution in [2.24, 2.45) is 4.99 Å². The number of nitrogens with zero attached hydrogens (tertiary/aromatic N) is 1. The Morgan fingerprint density at radius 1 is 0.857 bits per heavy atom. The summed E-state index contributed by atoms with van der Waals surface area (Å²) in [6, 6.07) is 21.6. The first-order chi connectivity index (χ1) is 10.3. The zero-order chi connectivity index (χ0) is 14.5. The fraction of sp³-hybridized carbons (Fsp3) is 0.316. The molecule has 0 N–H and O–H groups in total. The van der Waals surface area contributed by atoms with E-state index in [9.17, 15) is 4.79 Å². The van der Waals surface area contributed by atoms with Crippen LogP contribution >= 0.6 is 0 Å². The summed E-state index contributed by atoms with van der Waals surface area (Å²) in [5, 5.41) is 0. The van der Waals surface area contributed by atoms with Crippen LogP contribution < -0.4 is 0 Å². The van der Waals surface area contributed by atoms with Gasteiger partial charge in [0.1, 0.15) is 0 Å². The fourth-order valence-electron chi connectivity index (χ4n) is 3.56. The van der Waals surface area contributed by atoms with Gasteiger partial charge in [0.05, 0.1) is 6.04 Å². The molecular weight excluding hydrogens is 258 g/mol. The van der Waals surface area contributed by atoms with Crippen molar-refractivity contribution in [2.45, 2.75) is 37.1 Å². The smallest absolute Gasteiger partial charge is 0.211 e. The van der Waals surface area contributed by atoms with Gasteiger partial charge in [-0.15, -0.1) is 0 Å². The average molecular weight is 277 g/mol. The van der Waals surface area contributed by atoms with Crippen LogP contribution in [-0.2, 0) is 10.2 Å². The highest BCUT2D eigenvalue weighted by Crippen LogP contribution is 2.45. The molecule has 2 nitrogen and oxygen atoms in total. The number of hydrogen-bond donors (Lipinski definition) is 0. The lowest BCUT2D eigenvalue weighted by Crippen LogP contribution is -2.34. The van der Waals surface area contributed by atoms with E-state index < -0.39 is 0 Å². The molecule has 0 saturated heterocycles. The summed E-state index contributed by atoms with van der Waals surface area (Å²) in [5.74, 6) is 0. The monoisotopic (exact) mass is 277 g/mol. The minimum Gasteiger partial charge on any atom is -0.211 e. The Morgan fingerprint density at radius 3 is 1.76 bits per heavy atom. The van der Waals surface area contributed by atoms with Gasteiger partial charge in [0.15, 0.2) is 0 Å². The van der Waals surface area contributed by atoms with E-state index in [0.717, 1.165) is 25.7 Å². The fourth-order valence-corrected chi connectivity index (χ4v) is 3.56. The molecule has 21 heavy (non-hydrogen) atoms. The highest BCUT2D eigenvalue weighted by Gasteiger charge is 2.38. The molecule has 0 unspecified atom stereocenters. The van der Waals surface area contributed by atoms with E-state index in [0.29, 0.717) is 0 Å². The van der Waals surface area contributed by atoms with Crippen molar-refractivity contribution in [2.75, 3.05) is 0 Å². The van der Waals surface area contributed by atoms with E-state index in [1.165, 1.54) is 11.1 Å². The van der Waals surface area contributed by atoms with E-state index in [2.05, 4.69) is 65.7 Å². The first-order valence-corrected chi connectivity index (χ1v) is 7.53. The molecule has 0 heterocycles. The molecule has 2 aromatic rings. The van der Waals surface area contributed by atoms with Crippen molar-refractivity contribution in [3.8, 4) is 0 Å². The molecule has 0 radical (unpaired) electrons. The summed E-state index contributed by atoms with van der Waals surface area (Å²) in [6.07, 6.45) is 5.66. The van der Waals surface area contributed by atoms with Crippen LogP contribution in [0.4, 0.5) is 0 Å². The molecule has 0 spiro atoms. The Hall–Kier alpha value is -2.18. The summed E-state index contributed by atoms with van der Waals surface area (Å²) in [7, 11) is 0. The molecular formula is C19H19NO. The molecule has 3 rings (SSSR count). The van der Waals surface area contributed by atoms with Gasteiger partial charge in [-0.05, 0) is 36.8 Å². The second-order valence-corrected chi connectivity index (χ2v) is 5.77. The molecule has 106 valence electrons. The van der Waals surface area contributed by atoms with Crippen LogP contribution in [0.25, 0.3) is 0 Å². The van der Waals surface area contributed by atoms with Gasteiger partial charge in [-0.25, -0.2) is 9.79 Å². The Balaban J connectivity index is 2.00. The first-order valence-electron chi connectivity index (χ1n) is 7.53. The third-order valence-corrected chi connectivity index (χ3v) is 4.70. The van der Waals surface area contributed by atoms with E-state index in [1.54, 1.807) is 6.08 Å². The number of aliphatic imine (C=N–C) groups is 1. The highest BCUT2D eigenvalue weighted by atomic mass is 16.1. The topological polar surface area (TPSA) is 29.4 Å². The number of carbonyl (C=O) groups excluding carboxylic acids is 1. The normalized spacial score (nSPS) is 17.9. The predicted molar refractivity (Wildman–Crippen MR) is 84.0 cm³/mol. The van der Waals surface area contributed by atoms with E-state index in [4.69, 9.17) is 0 Å². The summed E-state index contributed by atoms with van der Waals surface area (Å²) in [6.45, 7) is 0. The summed E-state index contributed by atoms with van der Waals surface area (Å²) in [4.78, 5) is 14.4. The largest absolute Gasteiger partial charge is 0.235 e. The van der Waals surface area contributed by atoms with Crippen LogP contribution in [0.3, 0.4) is 0 Å². The summed E-state index contributed by atoms with van der Waals surface area (Å²) >= 11 is 0. The second kappa shape index (κ2) is 6.07. The minimum absolute atomic E-state index is 0.0530. The first kappa shape index (κ1) is 13.8. The maximum absolute atomic E-state index is 10.5. The lowest BCUT2D eigenvalue weighted by molar-refractivity contribution is 0.316. The van der Waals surface area contributed by atoms with Gasteiger partial charge >= 0.3 is 0 Å². The maximum atomic E-state index is 10.5. The zero-order valence-corrected chi connectivity index (χ0v) is 12.0. The molecule has 2 aromatic carbocycles. The van der Waals surface area contributed by atoms with Crippen LogP contribution in [0.15, 0.2) is 65.7 Å². The molecule has 0 bridgehead atoms. The lowest BCUT2D eigenvalue weighted by Gasteiger charge is -2.40. The second-order valence-electron chi connectivity index (χ2n) is 5.77. The van der Waals surface area contributed by atoms with Crippen molar-refractivity contribution >= 4 is 6.08 Å². The quantitative estimate of drug-likeness (QED) is 0.609. The van der Waals surface area contributed by atoms with Crippen molar-refractivity contribution in [3.63, 3.8) is 0 Å². The molecule has 2 heteroatoms. The van der Waals surface area contributed by atoms with Gasteiger partial charge in [-0.2, -0.15) is 0 Å². The Morgan fingerprint density at radius 2 is 1.33 bits per heavy atom. The predicted octanol–water partition coefficient (Wildman–Crippen LogP) is 4.25. The van der Waals surface area contributed by atoms with Crippen molar-refractivity contribution < 1.29 is 4.79 Å². The van der Waals surface area contributed by atoms with Crippen LogP contribution in [-0.4, -0.2) is 12.1 Å². The van der Waals surface area contributed by atoms with E-state index in [1.807, 2.05) is 0 Å². The maximum Gasteiger partial charge on any atom is 0.235 e. The SMILES string of the molecule is O=C=NC1CCC(c2ccccc2)(c2ccccc2)CC1. The van der Waals surface area contributed by atoms with Gasteiger partial charge < -0.3 is 0 Å². The summed E-state index contributed by atoms with van der Waals surface area (Å²) in [5.41, 5.74) is 2.78. The van der Waals surface area contributed by atoms with Gasteiger partial charge in [-0.1, -0.05) is 60.7 Å². The van der Waals surface area contributed by atoms with Crippen LogP contribution in [0, 0.1) is 0 Å². The van der Waals surface area contributed by atoms with Crippen LogP contribution in [0.2, 0.25) is 0 Å². The minimum atomic E-state index is 0.0530. The number of hydrogen-bond acceptors (Lipinski definition) is 2. The van der Waals surface area contributed by atoms with E-state index in [-0.39, 0.29) is 11.5 Å². The molecule has 1 fully saturated rings. The Kier molecular flexibility index (Phi) is 3.98. The van der Waals surface area contributed by atoms with Crippen molar-refractivity contribution in [1.29, 1.82) is 0 Å². The molecule has 0 amide bonds. The van der Waals surface area contributed by atoms with Gasteiger partial charge in [0, 0.05) is 5.41 Å². The average Bonchev–Trinajstić information content (AvgIpc) is 2.58. The van der Waals surface area contributed by atoms with Gasteiger partial charge in [-0.3, -0.25) is 0 Å². The van der Waals surface area contributed by atoms with Gasteiger partial charge in [0.25, 0.3) is 0 Å².